The largest absolute Gasteiger partial charge is 0.496 e. The number of para-hydroxylation sites is 1. The SMILES string of the molecule is COc1ccccc1CC(=O)N[C@@H]1CCCC[C@@H](O)[C@@H]1O. The lowest BCUT2D eigenvalue weighted by Crippen LogP contribution is -2.47. The van der Waals surface area contributed by atoms with E-state index >= 15 is 0 Å². The van der Waals surface area contributed by atoms with Crippen LogP contribution in [0.4, 0.5) is 0 Å². The van der Waals surface area contributed by atoms with E-state index in [9.17, 15) is 15.0 Å². The molecule has 1 saturated carbocycles. The molecule has 1 aromatic carbocycles. The minimum Gasteiger partial charge on any atom is -0.496 e. The van der Waals surface area contributed by atoms with Crippen LogP contribution in [0.1, 0.15) is 31.2 Å². The molecule has 116 valence electrons. The second-order valence-corrected chi connectivity index (χ2v) is 5.51. The molecule has 0 bridgehead atoms. The number of nitrogens with one attached hydrogen (secondary N) is 1. The topological polar surface area (TPSA) is 78.8 Å². The summed E-state index contributed by atoms with van der Waals surface area (Å²) in [5.41, 5.74) is 0.807. The van der Waals surface area contributed by atoms with Gasteiger partial charge in [0.25, 0.3) is 0 Å². The van der Waals surface area contributed by atoms with E-state index < -0.39 is 12.2 Å². The molecule has 1 aliphatic rings. The zero-order valence-electron chi connectivity index (χ0n) is 12.3. The molecule has 1 fully saturated rings. The summed E-state index contributed by atoms with van der Waals surface area (Å²) < 4.78 is 5.22. The van der Waals surface area contributed by atoms with Crippen LogP contribution in [0.15, 0.2) is 24.3 Å². The van der Waals surface area contributed by atoms with Gasteiger partial charge in [-0.1, -0.05) is 31.0 Å². The average molecular weight is 293 g/mol. The van der Waals surface area contributed by atoms with E-state index in [0.717, 1.165) is 18.4 Å². The monoisotopic (exact) mass is 293 g/mol. The van der Waals surface area contributed by atoms with Gasteiger partial charge >= 0.3 is 0 Å². The maximum atomic E-state index is 12.2. The fraction of sp³-hybridized carbons (Fsp3) is 0.562. The third-order valence-electron chi connectivity index (χ3n) is 3.96. The summed E-state index contributed by atoms with van der Waals surface area (Å²) in [5, 5.41) is 22.7. The molecule has 3 N–H and O–H groups in total. The number of hydrogen-bond acceptors (Lipinski definition) is 4. The summed E-state index contributed by atoms with van der Waals surface area (Å²) in [6.45, 7) is 0. The number of aliphatic hydroxyl groups excluding tert-OH is 2. The van der Waals surface area contributed by atoms with Crippen molar-refractivity contribution in [1.29, 1.82) is 0 Å². The number of amides is 1. The Labute approximate surface area is 124 Å². The highest BCUT2D eigenvalue weighted by atomic mass is 16.5. The highest BCUT2D eigenvalue weighted by Crippen LogP contribution is 2.20. The molecule has 0 aromatic heterocycles. The number of aliphatic hydroxyl groups is 2. The molecule has 0 heterocycles. The minimum atomic E-state index is -0.894. The molecule has 1 aromatic rings. The molecular formula is C16H23NO4. The number of methoxy groups -OCH3 is 1. The number of carbonyl (C=O) groups excluding carboxylic acids is 1. The van der Waals surface area contributed by atoms with E-state index in [1.807, 2.05) is 24.3 Å². The molecule has 0 radical (unpaired) electrons. The maximum absolute atomic E-state index is 12.2. The van der Waals surface area contributed by atoms with Gasteiger partial charge in [0.1, 0.15) is 5.75 Å². The highest BCUT2D eigenvalue weighted by Gasteiger charge is 2.29. The molecule has 0 spiro atoms. The lowest BCUT2D eigenvalue weighted by Gasteiger charge is -2.25. The van der Waals surface area contributed by atoms with Gasteiger partial charge in [-0.2, -0.15) is 0 Å². The lowest BCUT2D eigenvalue weighted by molar-refractivity contribution is -0.122. The Bertz CT molecular complexity index is 477. The third-order valence-corrected chi connectivity index (χ3v) is 3.96. The predicted molar refractivity (Wildman–Crippen MR) is 79.1 cm³/mol. The first-order valence-corrected chi connectivity index (χ1v) is 7.39. The Kier molecular flexibility index (Phi) is 5.59. The lowest BCUT2D eigenvalue weighted by atomic mass is 10.0. The van der Waals surface area contributed by atoms with Crippen molar-refractivity contribution in [1.82, 2.24) is 5.32 Å². The second kappa shape index (κ2) is 7.43. The van der Waals surface area contributed by atoms with Crippen molar-refractivity contribution in [3.05, 3.63) is 29.8 Å². The summed E-state index contributed by atoms with van der Waals surface area (Å²) in [4.78, 5) is 12.2. The molecule has 1 amide bonds. The van der Waals surface area contributed by atoms with Crippen molar-refractivity contribution in [2.24, 2.45) is 0 Å². The summed E-state index contributed by atoms with van der Waals surface area (Å²) in [7, 11) is 1.57. The molecule has 0 unspecified atom stereocenters. The van der Waals surface area contributed by atoms with E-state index in [-0.39, 0.29) is 18.4 Å². The molecular weight excluding hydrogens is 270 g/mol. The zero-order chi connectivity index (χ0) is 15.2. The molecule has 0 saturated heterocycles. The van der Waals surface area contributed by atoms with Crippen LogP contribution < -0.4 is 10.1 Å². The smallest absolute Gasteiger partial charge is 0.224 e. The Morgan fingerprint density at radius 3 is 2.76 bits per heavy atom. The first-order chi connectivity index (χ1) is 10.1. The van der Waals surface area contributed by atoms with Crippen LogP contribution in [0.2, 0.25) is 0 Å². The van der Waals surface area contributed by atoms with E-state index in [1.54, 1.807) is 7.11 Å². The van der Waals surface area contributed by atoms with Gasteiger partial charge in [0.15, 0.2) is 0 Å². The molecule has 0 aliphatic heterocycles. The normalized spacial score (nSPS) is 26.0. The van der Waals surface area contributed by atoms with Crippen molar-refractivity contribution in [3.63, 3.8) is 0 Å². The molecule has 3 atom stereocenters. The number of hydrogen-bond donors (Lipinski definition) is 3. The van der Waals surface area contributed by atoms with Crippen molar-refractivity contribution < 1.29 is 19.7 Å². The van der Waals surface area contributed by atoms with Crippen molar-refractivity contribution >= 4 is 5.91 Å². The van der Waals surface area contributed by atoms with Crippen molar-refractivity contribution in [2.45, 2.75) is 50.4 Å². The van der Waals surface area contributed by atoms with Crippen molar-refractivity contribution in [2.75, 3.05) is 7.11 Å². The van der Waals surface area contributed by atoms with Gasteiger partial charge < -0.3 is 20.3 Å². The van der Waals surface area contributed by atoms with Gasteiger partial charge in [-0.25, -0.2) is 0 Å². The van der Waals surface area contributed by atoms with Gasteiger partial charge in [0.05, 0.1) is 31.8 Å². The van der Waals surface area contributed by atoms with Gasteiger partial charge in [0, 0.05) is 5.56 Å². The Hall–Kier alpha value is -1.59. The molecule has 2 rings (SSSR count). The van der Waals surface area contributed by atoms with Crippen LogP contribution >= 0.6 is 0 Å². The summed E-state index contributed by atoms with van der Waals surface area (Å²) >= 11 is 0. The zero-order valence-corrected chi connectivity index (χ0v) is 12.3. The fourth-order valence-electron chi connectivity index (χ4n) is 2.76. The molecule has 5 heteroatoms. The standard InChI is InChI=1S/C16H23NO4/c1-21-14-9-5-2-6-11(14)10-15(19)17-12-7-3-4-8-13(18)16(12)20/h2,5-6,9,12-13,16,18,20H,3-4,7-8,10H2,1H3,(H,17,19)/t12-,13-,16-/m1/s1. The summed E-state index contributed by atoms with van der Waals surface area (Å²) in [6, 6.07) is 6.98. The minimum absolute atomic E-state index is 0.169. The number of rotatable bonds is 4. The van der Waals surface area contributed by atoms with Crippen LogP contribution in [0, 0.1) is 0 Å². The third kappa shape index (κ3) is 4.19. The Morgan fingerprint density at radius 2 is 2.00 bits per heavy atom. The van der Waals surface area contributed by atoms with Crippen LogP contribution in [0.3, 0.4) is 0 Å². The van der Waals surface area contributed by atoms with Crippen LogP contribution in [-0.4, -0.2) is 41.5 Å². The van der Waals surface area contributed by atoms with Gasteiger partial charge in [0.2, 0.25) is 5.91 Å². The molecule has 5 nitrogen and oxygen atoms in total. The quantitative estimate of drug-likeness (QED) is 0.724. The average Bonchev–Trinajstić information content (AvgIpc) is 2.63. The number of carbonyl (C=O) groups is 1. The fourth-order valence-corrected chi connectivity index (χ4v) is 2.76. The van der Waals surface area contributed by atoms with E-state index in [1.165, 1.54) is 0 Å². The van der Waals surface area contributed by atoms with Gasteiger partial charge in [-0.3, -0.25) is 4.79 Å². The second-order valence-electron chi connectivity index (χ2n) is 5.51. The summed E-state index contributed by atoms with van der Waals surface area (Å²) in [5.74, 6) is 0.506. The Balaban J connectivity index is 1.97. The van der Waals surface area contributed by atoms with E-state index in [2.05, 4.69) is 5.32 Å². The van der Waals surface area contributed by atoms with E-state index in [4.69, 9.17) is 4.74 Å². The number of benzene rings is 1. The maximum Gasteiger partial charge on any atom is 0.224 e. The predicted octanol–water partition coefficient (Wildman–Crippen LogP) is 1.02. The van der Waals surface area contributed by atoms with Gasteiger partial charge in [-0.05, 0) is 18.9 Å². The van der Waals surface area contributed by atoms with Crippen LogP contribution in [0.25, 0.3) is 0 Å². The number of ether oxygens (including phenoxy) is 1. The molecule has 1 aliphatic carbocycles. The van der Waals surface area contributed by atoms with Crippen LogP contribution in [-0.2, 0) is 11.2 Å². The first kappa shape index (κ1) is 15.8. The summed E-state index contributed by atoms with van der Waals surface area (Å²) in [6.07, 6.45) is 1.59. The molecule has 21 heavy (non-hydrogen) atoms. The van der Waals surface area contributed by atoms with Gasteiger partial charge in [-0.15, -0.1) is 0 Å². The van der Waals surface area contributed by atoms with E-state index in [0.29, 0.717) is 18.6 Å². The van der Waals surface area contributed by atoms with Crippen molar-refractivity contribution in [3.8, 4) is 5.75 Å². The Morgan fingerprint density at radius 1 is 1.29 bits per heavy atom. The first-order valence-electron chi connectivity index (χ1n) is 7.39. The van der Waals surface area contributed by atoms with Crippen LogP contribution in [0.5, 0.6) is 5.75 Å². The highest BCUT2D eigenvalue weighted by molar-refractivity contribution is 5.79.